The smallest absolute Gasteiger partial charge is 0.318 e. The molecular weight excluding hydrogens is 220 g/mol. The number of nitrogens with one attached hydrogen (secondary N) is 1. The zero-order chi connectivity index (χ0) is 12.7. The quantitative estimate of drug-likeness (QED) is 0.730. The molecule has 0 fully saturated rings. The molecule has 1 aromatic rings. The predicted octanol–water partition coefficient (Wildman–Crippen LogP) is 0.898. The van der Waals surface area contributed by atoms with E-state index in [0.29, 0.717) is 31.0 Å². The van der Waals surface area contributed by atoms with Gasteiger partial charge in [-0.2, -0.15) is 0 Å². The lowest BCUT2D eigenvalue weighted by Gasteiger charge is -2.21. The Morgan fingerprint density at radius 1 is 1.41 bits per heavy atom. The van der Waals surface area contributed by atoms with Gasteiger partial charge in [-0.1, -0.05) is 18.9 Å². The topological polar surface area (TPSA) is 63.4 Å². The molecule has 6 heteroatoms. The summed E-state index contributed by atoms with van der Waals surface area (Å²) in [6, 6.07) is 0.570. The van der Waals surface area contributed by atoms with E-state index in [1.54, 1.807) is 7.11 Å². The highest BCUT2D eigenvalue weighted by Crippen LogP contribution is 2.13. The molecule has 0 atom stereocenters. The number of hydrogen-bond acceptors (Lipinski definition) is 6. The molecule has 0 spiro atoms. The van der Waals surface area contributed by atoms with Gasteiger partial charge in [-0.25, -0.2) is 0 Å². The Morgan fingerprint density at radius 3 is 2.76 bits per heavy atom. The van der Waals surface area contributed by atoms with E-state index in [1.807, 2.05) is 7.05 Å². The second-order valence-corrected chi connectivity index (χ2v) is 4.34. The van der Waals surface area contributed by atoms with Crippen LogP contribution in [-0.4, -0.2) is 44.1 Å². The first-order valence-corrected chi connectivity index (χ1v) is 5.88. The van der Waals surface area contributed by atoms with Crippen LogP contribution >= 0.6 is 0 Å². The highest BCUT2D eigenvalue weighted by Gasteiger charge is 2.15. The van der Waals surface area contributed by atoms with Gasteiger partial charge >= 0.3 is 6.01 Å². The van der Waals surface area contributed by atoms with Gasteiger partial charge in [0.05, 0.1) is 13.2 Å². The molecular formula is C11H22N4O2. The van der Waals surface area contributed by atoms with Crippen molar-refractivity contribution in [2.75, 3.05) is 38.8 Å². The molecule has 0 saturated heterocycles. The van der Waals surface area contributed by atoms with Crippen molar-refractivity contribution >= 4 is 6.01 Å². The molecule has 98 valence electrons. The number of anilines is 1. The summed E-state index contributed by atoms with van der Waals surface area (Å²) in [5, 5.41) is 11.0. The van der Waals surface area contributed by atoms with Crippen LogP contribution in [0.5, 0.6) is 0 Å². The molecule has 0 saturated carbocycles. The van der Waals surface area contributed by atoms with Crippen LogP contribution in [0.1, 0.15) is 19.7 Å². The van der Waals surface area contributed by atoms with Crippen LogP contribution in [0.3, 0.4) is 0 Å². The first-order valence-electron chi connectivity index (χ1n) is 5.88. The lowest BCUT2D eigenvalue weighted by Crippen LogP contribution is -2.31. The van der Waals surface area contributed by atoms with Crippen molar-refractivity contribution in [3.63, 3.8) is 0 Å². The maximum Gasteiger partial charge on any atom is 0.318 e. The Morgan fingerprint density at radius 2 is 2.18 bits per heavy atom. The van der Waals surface area contributed by atoms with Crippen molar-refractivity contribution in [1.82, 2.24) is 15.5 Å². The van der Waals surface area contributed by atoms with E-state index in [9.17, 15) is 0 Å². The minimum Gasteiger partial charge on any atom is -0.407 e. The third-order valence-corrected chi connectivity index (χ3v) is 2.21. The van der Waals surface area contributed by atoms with Crippen molar-refractivity contribution in [3.05, 3.63) is 5.89 Å². The summed E-state index contributed by atoms with van der Waals surface area (Å²) in [7, 11) is 3.54. The van der Waals surface area contributed by atoms with E-state index in [-0.39, 0.29) is 0 Å². The molecule has 0 radical (unpaired) electrons. The maximum absolute atomic E-state index is 5.57. The summed E-state index contributed by atoms with van der Waals surface area (Å²) in [6.45, 7) is 7.19. The van der Waals surface area contributed by atoms with Crippen molar-refractivity contribution in [1.29, 1.82) is 0 Å². The Labute approximate surface area is 102 Å². The molecule has 0 unspecified atom stereocenters. The summed E-state index contributed by atoms with van der Waals surface area (Å²) in [5.41, 5.74) is 0. The fourth-order valence-electron chi connectivity index (χ4n) is 1.50. The van der Waals surface area contributed by atoms with Crippen LogP contribution < -0.4 is 10.2 Å². The SMILES string of the molecule is CNCc1nnc(N(CCOC)CC(C)C)o1. The Bertz CT molecular complexity index is 314. The normalized spacial score (nSPS) is 11.1. The minimum atomic E-state index is 0.534. The van der Waals surface area contributed by atoms with Gasteiger partial charge in [0.15, 0.2) is 0 Å². The summed E-state index contributed by atoms with van der Waals surface area (Å²) < 4.78 is 10.7. The van der Waals surface area contributed by atoms with Crippen molar-refractivity contribution in [2.45, 2.75) is 20.4 Å². The number of rotatable bonds is 8. The summed E-state index contributed by atoms with van der Waals surface area (Å²) in [5.74, 6) is 1.14. The number of nitrogens with zero attached hydrogens (tertiary/aromatic N) is 3. The Kier molecular flexibility index (Phi) is 5.93. The molecule has 0 aliphatic carbocycles. The second kappa shape index (κ2) is 7.24. The van der Waals surface area contributed by atoms with Gasteiger partial charge in [0.1, 0.15) is 0 Å². The molecule has 0 aromatic carbocycles. The highest BCUT2D eigenvalue weighted by molar-refractivity contribution is 5.23. The number of methoxy groups -OCH3 is 1. The summed E-state index contributed by atoms with van der Waals surface area (Å²) in [6.07, 6.45) is 0. The zero-order valence-corrected chi connectivity index (χ0v) is 11.1. The lowest BCUT2D eigenvalue weighted by atomic mass is 10.2. The average Bonchev–Trinajstić information content (AvgIpc) is 2.73. The third kappa shape index (κ3) is 4.70. The molecule has 0 bridgehead atoms. The molecule has 1 N–H and O–H groups in total. The fourth-order valence-corrected chi connectivity index (χ4v) is 1.50. The molecule has 1 aromatic heterocycles. The van der Waals surface area contributed by atoms with Gasteiger partial charge in [0.2, 0.25) is 5.89 Å². The van der Waals surface area contributed by atoms with E-state index in [0.717, 1.165) is 13.1 Å². The average molecular weight is 242 g/mol. The second-order valence-electron chi connectivity index (χ2n) is 4.34. The van der Waals surface area contributed by atoms with Gasteiger partial charge < -0.3 is 19.4 Å². The first kappa shape index (κ1) is 13.9. The van der Waals surface area contributed by atoms with Crippen LogP contribution in [-0.2, 0) is 11.3 Å². The molecule has 6 nitrogen and oxygen atoms in total. The monoisotopic (exact) mass is 242 g/mol. The lowest BCUT2D eigenvalue weighted by molar-refractivity contribution is 0.203. The van der Waals surface area contributed by atoms with Crippen LogP contribution in [0.2, 0.25) is 0 Å². The van der Waals surface area contributed by atoms with Crippen molar-refractivity contribution in [2.24, 2.45) is 5.92 Å². The minimum absolute atomic E-state index is 0.534. The van der Waals surface area contributed by atoms with Crippen molar-refractivity contribution in [3.8, 4) is 0 Å². The van der Waals surface area contributed by atoms with Gasteiger partial charge in [0.25, 0.3) is 0 Å². The van der Waals surface area contributed by atoms with E-state index in [2.05, 4.69) is 34.3 Å². The van der Waals surface area contributed by atoms with Gasteiger partial charge in [-0.15, -0.1) is 5.10 Å². The van der Waals surface area contributed by atoms with E-state index in [4.69, 9.17) is 9.15 Å². The number of hydrogen-bond donors (Lipinski definition) is 1. The van der Waals surface area contributed by atoms with Gasteiger partial charge in [-0.3, -0.25) is 0 Å². The number of ether oxygens (including phenoxy) is 1. The van der Waals surface area contributed by atoms with Gasteiger partial charge in [0, 0.05) is 20.2 Å². The molecule has 17 heavy (non-hydrogen) atoms. The molecule has 1 rings (SSSR count). The van der Waals surface area contributed by atoms with Crippen LogP contribution in [0.15, 0.2) is 4.42 Å². The molecule has 1 heterocycles. The maximum atomic E-state index is 5.57. The largest absolute Gasteiger partial charge is 0.407 e. The van der Waals surface area contributed by atoms with Crippen LogP contribution in [0.4, 0.5) is 6.01 Å². The van der Waals surface area contributed by atoms with E-state index < -0.39 is 0 Å². The third-order valence-electron chi connectivity index (χ3n) is 2.21. The standard InChI is InChI=1S/C11H22N4O2/c1-9(2)8-15(5-6-16-4)11-14-13-10(17-11)7-12-3/h9,12H,5-8H2,1-4H3. The van der Waals surface area contributed by atoms with Crippen molar-refractivity contribution < 1.29 is 9.15 Å². The molecule has 0 amide bonds. The predicted molar refractivity (Wildman–Crippen MR) is 66.0 cm³/mol. The first-order chi connectivity index (χ1) is 8.17. The fraction of sp³-hybridized carbons (Fsp3) is 0.818. The summed E-state index contributed by atoms with van der Waals surface area (Å²) >= 11 is 0. The molecule has 0 aliphatic heterocycles. The van der Waals surface area contributed by atoms with E-state index >= 15 is 0 Å². The number of aromatic nitrogens is 2. The zero-order valence-electron chi connectivity index (χ0n) is 11.1. The van der Waals surface area contributed by atoms with E-state index in [1.165, 1.54) is 0 Å². The van der Waals surface area contributed by atoms with Crippen LogP contribution in [0, 0.1) is 5.92 Å². The van der Waals surface area contributed by atoms with Crippen LogP contribution in [0.25, 0.3) is 0 Å². The molecule has 0 aliphatic rings. The Balaban J connectivity index is 2.65. The van der Waals surface area contributed by atoms with Gasteiger partial charge in [-0.05, 0) is 13.0 Å². The Hall–Kier alpha value is -1.14. The highest BCUT2D eigenvalue weighted by atomic mass is 16.5. The summed E-state index contributed by atoms with van der Waals surface area (Å²) in [4.78, 5) is 2.06.